The SMILES string of the molecule is COCC#Cc1cccc(S(=O)(=O)n2cc(CN(C)C(=O)OC(C)(C)C)cc2-c2ccc(F)cc2F)c1. The number of benzene rings is 2. The summed E-state index contributed by atoms with van der Waals surface area (Å²) >= 11 is 0. The van der Waals surface area contributed by atoms with Crippen molar-refractivity contribution in [3.05, 3.63) is 77.5 Å². The summed E-state index contributed by atoms with van der Waals surface area (Å²) in [6.07, 6.45) is 0.692. The lowest BCUT2D eigenvalue weighted by Gasteiger charge is -2.24. The number of halogens is 2. The fraction of sp³-hybridized carbons (Fsp3) is 0.296. The van der Waals surface area contributed by atoms with E-state index in [0.29, 0.717) is 17.2 Å². The van der Waals surface area contributed by atoms with Crippen LogP contribution in [0.15, 0.2) is 59.6 Å². The Bertz CT molecular complexity index is 1460. The van der Waals surface area contributed by atoms with Gasteiger partial charge in [-0.25, -0.2) is 26.0 Å². The smallest absolute Gasteiger partial charge is 0.410 e. The number of aromatic nitrogens is 1. The summed E-state index contributed by atoms with van der Waals surface area (Å²) in [5, 5.41) is 0. The highest BCUT2D eigenvalue weighted by atomic mass is 32.2. The molecule has 0 bridgehead atoms. The molecule has 7 nitrogen and oxygen atoms in total. The van der Waals surface area contributed by atoms with Crippen molar-refractivity contribution in [2.75, 3.05) is 20.8 Å². The number of methoxy groups -OCH3 is 1. The van der Waals surface area contributed by atoms with Gasteiger partial charge in [0.2, 0.25) is 0 Å². The first-order valence-electron chi connectivity index (χ1n) is 11.3. The molecular formula is C27H28F2N2O5S. The van der Waals surface area contributed by atoms with E-state index in [1.807, 2.05) is 0 Å². The number of ether oxygens (including phenoxy) is 2. The fourth-order valence-electron chi connectivity index (χ4n) is 3.41. The van der Waals surface area contributed by atoms with Gasteiger partial charge in [-0.3, -0.25) is 0 Å². The third-order valence-corrected chi connectivity index (χ3v) is 6.68. The molecule has 0 unspecified atom stereocenters. The molecule has 0 fully saturated rings. The lowest BCUT2D eigenvalue weighted by atomic mass is 10.1. The van der Waals surface area contributed by atoms with Gasteiger partial charge in [0.05, 0.1) is 17.1 Å². The zero-order valence-electron chi connectivity index (χ0n) is 21.2. The first-order valence-corrected chi connectivity index (χ1v) is 12.7. The Labute approximate surface area is 215 Å². The number of hydrogen-bond donors (Lipinski definition) is 0. The maximum atomic E-state index is 14.8. The largest absolute Gasteiger partial charge is 0.444 e. The Hall–Kier alpha value is -3.68. The molecule has 2 aromatic carbocycles. The minimum absolute atomic E-state index is 0.0181. The second-order valence-electron chi connectivity index (χ2n) is 9.26. The van der Waals surface area contributed by atoms with Crippen molar-refractivity contribution in [2.45, 2.75) is 37.8 Å². The monoisotopic (exact) mass is 530 g/mol. The molecule has 0 saturated heterocycles. The summed E-state index contributed by atoms with van der Waals surface area (Å²) in [4.78, 5) is 13.6. The molecule has 0 aliphatic heterocycles. The Balaban J connectivity index is 2.09. The highest BCUT2D eigenvalue weighted by molar-refractivity contribution is 7.90. The van der Waals surface area contributed by atoms with Crippen LogP contribution in [-0.4, -0.2) is 49.7 Å². The Morgan fingerprint density at radius 1 is 1.11 bits per heavy atom. The number of hydrogen-bond acceptors (Lipinski definition) is 5. The predicted molar refractivity (Wildman–Crippen MR) is 135 cm³/mol. The number of nitrogens with zero attached hydrogens (tertiary/aromatic N) is 2. The molecule has 0 radical (unpaired) electrons. The molecule has 0 spiro atoms. The van der Waals surface area contributed by atoms with E-state index < -0.39 is 33.4 Å². The van der Waals surface area contributed by atoms with Gasteiger partial charge in [-0.1, -0.05) is 17.9 Å². The molecule has 0 aliphatic rings. The normalized spacial score (nSPS) is 11.5. The van der Waals surface area contributed by atoms with Gasteiger partial charge in [0.1, 0.15) is 23.8 Å². The number of carbonyl (C=O) groups is 1. The van der Waals surface area contributed by atoms with Gasteiger partial charge in [0.25, 0.3) is 10.0 Å². The van der Waals surface area contributed by atoms with Crippen molar-refractivity contribution >= 4 is 16.1 Å². The molecule has 3 aromatic rings. The van der Waals surface area contributed by atoms with E-state index >= 15 is 0 Å². The van der Waals surface area contributed by atoms with Gasteiger partial charge in [-0.15, -0.1) is 0 Å². The van der Waals surface area contributed by atoms with Gasteiger partial charge < -0.3 is 14.4 Å². The van der Waals surface area contributed by atoms with Crippen LogP contribution < -0.4 is 0 Å². The zero-order valence-corrected chi connectivity index (χ0v) is 22.0. The van der Waals surface area contributed by atoms with Gasteiger partial charge in [-0.05, 0) is 62.7 Å². The van der Waals surface area contributed by atoms with E-state index in [-0.39, 0.29) is 29.3 Å². The number of carbonyl (C=O) groups excluding carboxylic acids is 1. The molecule has 1 heterocycles. The lowest BCUT2D eigenvalue weighted by molar-refractivity contribution is 0.0285. The maximum absolute atomic E-state index is 14.8. The topological polar surface area (TPSA) is 77.8 Å². The highest BCUT2D eigenvalue weighted by Gasteiger charge is 2.26. The molecule has 37 heavy (non-hydrogen) atoms. The molecule has 0 N–H and O–H groups in total. The molecule has 196 valence electrons. The average molecular weight is 531 g/mol. The van der Waals surface area contributed by atoms with E-state index in [1.54, 1.807) is 32.9 Å². The maximum Gasteiger partial charge on any atom is 0.410 e. The van der Waals surface area contributed by atoms with Crippen molar-refractivity contribution in [3.63, 3.8) is 0 Å². The molecule has 3 rings (SSSR count). The van der Waals surface area contributed by atoms with E-state index in [4.69, 9.17) is 9.47 Å². The van der Waals surface area contributed by atoms with Gasteiger partial charge in [0.15, 0.2) is 0 Å². The third kappa shape index (κ3) is 6.96. The first-order chi connectivity index (χ1) is 17.3. The van der Waals surface area contributed by atoms with Crippen LogP contribution in [0.5, 0.6) is 0 Å². The third-order valence-electron chi connectivity index (χ3n) is 5.01. The minimum Gasteiger partial charge on any atom is -0.444 e. The standard InChI is InChI=1S/C27H28F2N2O5S/c1-27(2,3)36-26(32)30(4)17-20-15-25(23-12-11-21(28)16-24(23)29)31(18-20)37(33,34)22-10-6-8-19(14-22)9-7-13-35-5/h6,8,10-12,14-16,18H,13,17H2,1-5H3. The average Bonchev–Trinajstić information content (AvgIpc) is 3.22. The van der Waals surface area contributed by atoms with Gasteiger partial charge >= 0.3 is 6.09 Å². The molecular weight excluding hydrogens is 502 g/mol. The van der Waals surface area contributed by atoms with E-state index in [9.17, 15) is 22.0 Å². The molecule has 1 aromatic heterocycles. The number of amides is 1. The van der Waals surface area contributed by atoms with Crippen LogP contribution >= 0.6 is 0 Å². The molecule has 1 amide bonds. The summed E-state index contributed by atoms with van der Waals surface area (Å²) in [5.74, 6) is 3.86. The number of rotatable bonds is 6. The second-order valence-corrected chi connectivity index (χ2v) is 11.1. The van der Waals surface area contributed by atoms with Crippen molar-refractivity contribution in [1.82, 2.24) is 8.87 Å². The van der Waals surface area contributed by atoms with Crippen LogP contribution in [-0.2, 0) is 26.0 Å². The van der Waals surface area contributed by atoms with Crippen molar-refractivity contribution in [1.29, 1.82) is 0 Å². The van der Waals surface area contributed by atoms with Crippen molar-refractivity contribution in [3.8, 4) is 23.1 Å². The van der Waals surface area contributed by atoms with E-state index in [1.165, 1.54) is 49.5 Å². The van der Waals surface area contributed by atoms with Crippen LogP contribution in [0.1, 0.15) is 31.9 Å². The zero-order chi connectivity index (χ0) is 27.4. The summed E-state index contributed by atoms with van der Waals surface area (Å²) in [7, 11) is -1.24. The highest BCUT2D eigenvalue weighted by Crippen LogP contribution is 2.30. The van der Waals surface area contributed by atoms with Crippen LogP contribution in [0.4, 0.5) is 13.6 Å². The van der Waals surface area contributed by atoms with Crippen LogP contribution in [0.2, 0.25) is 0 Å². The van der Waals surface area contributed by atoms with Crippen molar-refractivity contribution < 1.29 is 31.5 Å². The summed E-state index contributed by atoms with van der Waals surface area (Å²) in [6.45, 7) is 5.34. The molecule has 0 aliphatic carbocycles. The molecule has 10 heteroatoms. The van der Waals surface area contributed by atoms with Crippen LogP contribution in [0.3, 0.4) is 0 Å². The van der Waals surface area contributed by atoms with E-state index in [0.717, 1.165) is 10.0 Å². The van der Waals surface area contributed by atoms with Crippen molar-refractivity contribution in [2.24, 2.45) is 0 Å². The predicted octanol–water partition coefficient (Wildman–Crippen LogP) is 5.04. The summed E-state index contributed by atoms with van der Waals surface area (Å²) in [6, 6.07) is 10.3. The molecule has 0 saturated carbocycles. The summed E-state index contributed by atoms with van der Waals surface area (Å²) in [5.41, 5.74) is -0.0234. The van der Waals surface area contributed by atoms with Crippen LogP contribution in [0, 0.1) is 23.5 Å². The second kappa shape index (κ2) is 11.2. The Morgan fingerprint density at radius 3 is 2.49 bits per heavy atom. The quantitative estimate of drug-likeness (QED) is 0.418. The Morgan fingerprint density at radius 2 is 1.84 bits per heavy atom. The fourth-order valence-corrected chi connectivity index (χ4v) is 4.85. The Kier molecular flexibility index (Phi) is 8.41. The summed E-state index contributed by atoms with van der Waals surface area (Å²) < 4.78 is 66.9. The molecule has 0 atom stereocenters. The van der Waals surface area contributed by atoms with Gasteiger partial charge in [0, 0.05) is 37.5 Å². The van der Waals surface area contributed by atoms with Crippen LogP contribution in [0.25, 0.3) is 11.3 Å². The van der Waals surface area contributed by atoms with E-state index in [2.05, 4.69) is 11.8 Å². The minimum atomic E-state index is -4.24. The lowest BCUT2D eigenvalue weighted by Crippen LogP contribution is -2.33. The van der Waals surface area contributed by atoms with Gasteiger partial charge in [-0.2, -0.15) is 0 Å². The first kappa shape index (κ1) is 27.9.